The molecule has 1 rings (SSSR count). The molecule has 1 N–H and O–H groups in total. The Balaban J connectivity index is 2.97. The molecule has 94 valence electrons. The van der Waals surface area contributed by atoms with Crippen molar-refractivity contribution in [3.63, 3.8) is 0 Å². The monoisotopic (exact) mass is 234 g/mol. The standard InChI is InChI=1S/C15H22O2/c1-5-15(4,14(16)17)13-8-6-12(7-9-13)10-11(2)3/h6-9,11H,5,10H2,1-4H3,(H,16,17)/t15-/m0/s1. The normalized spacial score (nSPS) is 14.6. The van der Waals surface area contributed by atoms with Gasteiger partial charge in [-0.25, -0.2) is 0 Å². The van der Waals surface area contributed by atoms with Gasteiger partial charge in [0, 0.05) is 0 Å². The molecule has 0 radical (unpaired) electrons. The first-order valence-corrected chi connectivity index (χ1v) is 6.23. The Hall–Kier alpha value is -1.31. The summed E-state index contributed by atoms with van der Waals surface area (Å²) >= 11 is 0. The minimum absolute atomic E-state index is 0.603. The van der Waals surface area contributed by atoms with E-state index in [1.54, 1.807) is 6.92 Å². The highest BCUT2D eigenvalue weighted by Crippen LogP contribution is 2.28. The largest absolute Gasteiger partial charge is 0.481 e. The van der Waals surface area contributed by atoms with Gasteiger partial charge >= 0.3 is 5.97 Å². The van der Waals surface area contributed by atoms with Crippen LogP contribution in [0.15, 0.2) is 24.3 Å². The van der Waals surface area contributed by atoms with Gasteiger partial charge in [-0.1, -0.05) is 45.0 Å². The van der Waals surface area contributed by atoms with Crippen molar-refractivity contribution < 1.29 is 9.90 Å². The Morgan fingerprint density at radius 2 is 1.82 bits per heavy atom. The van der Waals surface area contributed by atoms with E-state index in [9.17, 15) is 9.90 Å². The summed E-state index contributed by atoms with van der Waals surface area (Å²) in [5, 5.41) is 9.30. The van der Waals surface area contributed by atoms with Crippen LogP contribution in [0.1, 0.15) is 45.2 Å². The maximum atomic E-state index is 11.3. The van der Waals surface area contributed by atoms with Gasteiger partial charge in [0.25, 0.3) is 0 Å². The SMILES string of the molecule is CC[C@](C)(C(=O)O)c1ccc(CC(C)C)cc1. The second kappa shape index (κ2) is 5.35. The van der Waals surface area contributed by atoms with Crippen LogP contribution in [0.25, 0.3) is 0 Å². The summed E-state index contributed by atoms with van der Waals surface area (Å²) in [6.45, 7) is 8.06. The van der Waals surface area contributed by atoms with E-state index in [1.165, 1.54) is 5.56 Å². The average molecular weight is 234 g/mol. The zero-order valence-corrected chi connectivity index (χ0v) is 11.2. The molecule has 0 amide bonds. The van der Waals surface area contributed by atoms with Crippen LogP contribution in [0.5, 0.6) is 0 Å². The summed E-state index contributed by atoms with van der Waals surface area (Å²) in [7, 11) is 0. The minimum atomic E-state index is -0.767. The molecule has 0 bridgehead atoms. The number of carbonyl (C=O) groups is 1. The lowest BCUT2D eigenvalue weighted by Crippen LogP contribution is -2.31. The number of carboxylic acid groups (broad SMARTS) is 1. The molecule has 0 aliphatic carbocycles. The first-order valence-electron chi connectivity index (χ1n) is 6.23. The predicted octanol–water partition coefficient (Wildman–Crippen LogP) is 3.64. The second-order valence-electron chi connectivity index (χ2n) is 5.29. The Labute approximate surface area is 104 Å². The van der Waals surface area contributed by atoms with Crippen LogP contribution in [-0.4, -0.2) is 11.1 Å². The maximum absolute atomic E-state index is 11.3. The quantitative estimate of drug-likeness (QED) is 0.844. The van der Waals surface area contributed by atoms with Crippen molar-refractivity contribution in [2.45, 2.75) is 46.0 Å². The van der Waals surface area contributed by atoms with Gasteiger partial charge < -0.3 is 5.11 Å². The van der Waals surface area contributed by atoms with Crippen LogP contribution >= 0.6 is 0 Å². The van der Waals surface area contributed by atoms with E-state index in [4.69, 9.17) is 0 Å². The number of rotatable bonds is 5. The van der Waals surface area contributed by atoms with E-state index in [0.717, 1.165) is 12.0 Å². The molecule has 0 aliphatic rings. The Morgan fingerprint density at radius 3 is 2.18 bits per heavy atom. The summed E-state index contributed by atoms with van der Waals surface area (Å²) in [6, 6.07) is 8.00. The van der Waals surface area contributed by atoms with E-state index in [0.29, 0.717) is 12.3 Å². The fraction of sp³-hybridized carbons (Fsp3) is 0.533. The molecule has 2 nitrogen and oxygen atoms in total. The van der Waals surface area contributed by atoms with Crippen molar-refractivity contribution >= 4 is 5.97 Å². The van der Waals surface area contributed by atoms with Crippen molar-refractivity contribution in [1.82, 2.24) is 0 Å². The van der Waals surface area contributed by atoms with Crippen molar-refractivity contribution in [3.05, 3.63) is 35.4 Å². The van der Waals surface area contributed by atoms with Gasteiger partial charge in [-0.15, -0.1) is 0 Å². The molecule has 0 fully saturated rings. The number of benzene rings is 1. The summed E-state index contributed by atoms with van der Waals surface area (Å²) in [5.74, 6) is -0.130. The minimum Gasteiger partial charge on any atom is -0.481 e. The van der Waals surface area contributed by atoms with Gasteiger partial charge in [0.1, 0.15) is 0 Å². The molecule has 0 saturated carbocycles. The molecule has 0 aliphatic heterocycles. The fourth-order valence-corrected chi connectivity index (χ4v) is 1.96. The first-order chi connectivity index (χ1) is 7.90. The molecule has 1 aromatic rings. The third kappa shape index (κ3) is 3.09. The first kappa shape index (κ1) is 13.8. The zero-order chi connectivity index (χ0) is 13.1. The molecule has 2 heteroatoms. The van der Waals surface area contributed by atoms with E-state index < -0.39 is 11.4 Å². The fourth-order valence-electron chi connectivity index (χ4n) is 1.96. The van der Waals surface area contributed by atoms with Gasteiger partial charge in [0.05, 0.1) is 5.41 Å². The van der Waals surface area contributed by atoms with Crippen LogP contribution in [0, 0.1) is 5.92 Å². The lowest BCUT2D eigenvalue weighted by Gasteiger charge is -2.23. The van der Waals surface area contributed by atoms with Crippen LogP contribution in [-0.2, 0) is 16.6 Å². The van der Waals surface area contributed by atoms with Crippen molar-refractivity contribution in [2.75, 3.05) is 0 Å². The summed E-state index contributed by atoms with van der Waals surface area (Å²) in [6.07, 6.45) is 1.64. The number of hydrogen-bond acceptors (Lipinski definition) is 1. The van der Waals surface area contributed by atoms with Crippen LogP contribution in [0.3, 0.4) is 0 Å². The van der Waals surface area contributed by atoms with E-state index in [-0.39, 0.29) is 0 Å². The highest BCUT2D eigenvalue weighted by Gasteiger charge is 2.32. The van der Waals surface area contributed by atoms with Crippen LogP contribution in [0.2, 0.25) is 0 Å². The Bertz CT molecular complexity index is 378. The third-order valence-corrected chi connectivity index (χ3v) is 3.41. The smallest absolute Gasteiger partial charge is 0.313 e. The van der Waals surface area contributed by atoms with Crippen LogP contribution in [0.4, 0.5) is 0 Å². The molecule has 1 aromatic carbocycles. The summed E-state index contributed by atoms with van der Waals surface area (Å²) < 4.78 is 0. The molecule has 0 spiro atoms. The third-order valence-electron chi connectivity index (χ3n) is 3.41. The van der Waals surface area contributed by atoms with E-state index >= 15 is 0 Å². The van der Waals surface area contributed by atoms with E-state index in [2.05, 4.69) is 13.8 Å². The number of hydrogen-bond donors (Lipinski definition) is 1. The van der Waals surface area contributed by atoms with Crippen molar-refractivity contribution in [2.24, 2.45) is 5.92 Å². The molecule has 0 saturated heterocycles. The molecular weight excluding hydrogens is 212 g/mol. The lowest BCUT2D eigenvalue weighted by molar-refractivity contribution is -0.143. The van der Waals surface area contributed by atoms with Crippen LogP contribution < -0.4 is 0 Å². The van der Waals surface area contributed by atoms with Gasteiger partial charge in [0.15, 0.2) is 0 Å². The maximum Gasteiger partial charge on any atom is 0.313 e. The second-order valence-corrected chi connectivity index (χ2v) is 5.29. The van der Waals surface area contributed by atoms with Gasteiger partial charge in [0.2, 0.25) is 0 Å². The van der Waals surface area contributed by atoms with Crippen molar-refractivity contribution in [1.29, 1.82) is 0 Å². The Morgan fingerprint density at radius 1 is 1.29 bits per heavy atom. The molecule has 0 heterocycles. The number of aliphatic carboxylic acids is 1. The molecule has 0 unspecified atom stereocenters. The predicted molar refractivity (Wildman–Crippen MR) is 70.3 cm³/mol. The lowest BCUT2D eigenvalue weighted by atomic mass is 9.80. The molecule has 17 heavy (non-hydrogen) atoms. The zero-order valence-electron chi connectivity index (χ0n) is 11.2. The molecule has 0 aromatic heterocycles. The topological polar surface area (TPSA) is 37.3 Å². The Kier molecular flexibility index (Phi) is 4.33. The highest BCUT2D eigenvalue weighted by molar-refractivity contribution is 5.80. The van der Waals surface area contributed by atoms with Gasteiger partial charge in [-0.2, -0.15) is 0 Å². The van der Waals surface area contributed by atoms with Gasteiger partial charge in [-0.3, -0.25) is 4.79 Å². The summed E-state index contributed by atoms with van der Waals surface area (Å²) in [4.78, 5) is 11.3. The van der Waals surface area contributed by atoms with Crippen molar-refractivity contribution in [3.8, 4) is 0 Å². The summed E-state index contributed by atoms with van der Waals surface area (Å²) in [5.41, 5.74) is 1.39. The average Bonchev–Trinajstić information content (AvgIpc) is 2.28. The highest BCUT2D eigenvalue weighted by atomic mass is 16.4. The number of carboxylic acids is 1. The van der Waals surface area contributed by atoms with E-state index in [1.807, 2.05) is 31.2 Å². The molecular formula is C15H22O2. The molecule has 1 atom stereocenters. The van der Waals surface area contributed by atoms with Gasteiger partial charge in [-0.05, 0) is 36.8 Å².